The third-order valence-corrected chi connectivity index (χ3v) is 14.7. The lowest BCUT2D eigenvalue weighted by molar-refractivity contribution is -0.144. The summed E-state index contributed by atoms with van der Waals surface area (Å²) in [4.78, 5) is 70.1. The van der Waals surface area contributed by atoms with Gasteiger partial charge in [-0.1, -0.05) is 70.5 Å². The van der Waals surface area contributed by atoms with Crippen LogP contribution in [0.3, 0.4) is 0 Å². The smallest absolute Gasteiger partial charge is 0.253 e. The summed E-state index contributed by atoms with van der Waals surface area (Å²) in [6, 6.07) is 16.3. The van der Waals surface area contributed by atoms with Crippen molar-refractivity contribution in [3.05, 3.63) is 93.7 Å². The fraction of sp³-hybridized carbons (Fsp3) is 0.500. The summed E-state index contributed by atoms with van der Waals surface area (Å²) in [6.07, 6.45) is 1.31. The highest BCUT2D eigenvalue weighted by molar-refractivity contribution is 7.13. The summed E-state index contributed by atoms with van der Waals surface area (Å²) >= 11 is 7.76. The van der Waals surface area contributed by atoms with Crippen molar-refractivity contribution in [2.75, 3.05) is 57.4 Å². The molecule has 7 rings (SSSR count). The number of aliphatic hydroxyl groups is 1. The van der Waals surface area contributed by atoms with E-state index in [-0.39, 0.29) is 55.0 Å². The van der Waals surface area contributed by atoms with Gasteiger partial charge in [0, 0.05) is 75.8 Å². The Kier molecular flexibility index (Phi) is 15.8. The number of halogens is 1. The van der Waals surface area contributed by atoms with Crippen molar-refractivity contribution in [3.8, 4) is 22.3 Å². The van der Waals surface area contributed by atoms with E-state index in [1.807, 2.05) is 90.4 Å². The highest BCUT2D eigenvalue weighted by atomic mass is 35.5. The third kappa shape index (κ3) is 11.8. The topological polar surface area (TPSA) is 202 Å². The SMILES string of the molecule is Cc1ncsc1-c1ccc([C@H](C)NC(=O)[C@@H]2C[C@@H](O)CN2C(=O)[C@@H](NC(=O)COCCN2CCN(c3ccc(C(=O)N[C@H]4C[C@@H](Oc5ccc(C#N)c(Cl)c5)C4(C)C)cn3)CC2)C(C)(C)C)cc1. The number of benzene rings is 2. The van der Waals surface area contributed by atoms with Gasteiger partial charge in [-0.05, 0) is 54.7 Å². The number of β-amino-alcohol motifs (C(OH)–C–C–N with tert-alkyl or cyclic N) is 1. The molecule has 0 radical (unpaired) electrons. The molecule has 18 heteroatoms. The number of nitrogens with zero attached hydrogens (tertiary/aromatic N) is 6. The second-order valence-electron chi connectivity index (χ2n) is 19.6. The van der Waals surface area contributed by atoms with Crippen molar-refractivity contribution < 1.29 is 33.8 Å². The van der Waals surface area contributed by atoms with Gasteiger partial charge in [-0.25, -0.2) is 9.97 Å². The fourth-order valence-corrected chi connectivity index (χ4v) is 9.91. The van der Waals surface area contributed by atoms with E-state index in [4.69, 9.17) is 26.3 Å². The van der Waals surface area contributed by atoms with Crippen LogP contribution in [-0.2, 0) is 19.1 Å². The Morgan fingerprint density at radius 3 is 2.37 bits per heavy atom. The van der Waals surface area contributed by atoms with Gasteiger partial charge in [-0.2, -0.15) is 5.26 Å². The standard InChI is InChI=1S/C50H62ClN9O7S/c1-30(32-8-10-33(11-9-32)44-31(2)54-29-68-44)55-47(64)39-22-36(61)27-60(39)48(65)45(49(3,4)5)57-43(62)28-66-21-20-58-16-18-59(19-17-58)42-15-13-35(26-53-42)46(63)56-40-24-41(50(40,6)7)67-37-14-12-34(25-52)38(51)23-37/h8-15,23,26,29-30,36,39-41,45,61H,16-22,24,27-28H2,1-7H3,(H,55,64)(H,56,63)(H,57,62)/t30-,36+,39-,40-,41+,45+/m0/s1. The van der Waals surface area contributed by atoms with Gasteiger partial charge in [0.15, 0.2) is 0 Å². The number of rotatable bonds is 16. The van der Waals surface area contributed by atoms with Crippen LogP contribution in [0, 0.1) is 29.1 Å². The summed E-state index contributed by atoms with van der Waals surface area (Å²) < 4.78 is 11.9. The minimum atomic E-state index is -0.963. The molecule has 4 amide bonds. The lowest BCUT2D eigenvalue weighted by Crippen LogP contribution is -2.63. The number of aliphatic hydroxyl groups excluding tert-OH is 1. The van der Waals surface area contributed by atoms with Gasteiger partial charge >= 0.3 is 0 Å². The van der Waals surface area contributed by atoms with Gasteiger partial charge in [0.25, 0.3) is 5.91 Å². The summed E-state index contributed by atoms with van der Waals surface area (Å²) in [5.74, 6) is -0.0863. The maximum absolute atomic E-state index is 14.1. The second-order valence-corrected chi connectivity index (χ2v) is 20.9. The van der Waals surface area contributed by atoms with Gasteiger partial charge in [0.1, 0.15) is 42.4 Å². The lowest BCUT2D eigenvalue weighted by atomic mass is 9.64. The van der Waals surface area contributed by atoms with Crippen LogP contribution in [-0.4, -0.2) is 131 Å². The first-order valence-corrected chi connectivity index (χ1v) is 24.3. The van der Waals surface area contributed by atoms with E-state index in [9.17, 15) is 24.3 Å². The van der Waals surface area contributed by atoms with Crippen molar-refractivity contribution in [1.29, 1.82) is 5.26 Å². The lowest BCUT2D eigenvalue weighted by Gasteiger charge is -2.51. The Hall–Kier alpha value is -5.64. The molecule has 2 aromatic carbocycles. The zero-order chi connectivity index (χ0) is 48.9. The van der Waals surface area contributed by atoms with Gasteiger partial charge in [-0.3, -0.25) is 24.1 Å². The minimum absolute atomic E-state index is 0.0176. The van der Waals surface area contributed by atoms with E-state index in [1.165, 1.54) is 4.90 Å². The molecule has 4 aromatic rings. The molecular formula is C50H62ClN9O7S. The number of hydrogen-bond acceptors (Lipinski definition) is 13. The highest BCUT2D eigenvalue weighted by Gasteiger charge is 2.51. The molecule has 16 nitrogen and oxygen atoms in total. The molecule has 2 saturated heterocycles. The Balaban J connectivity index is 0.817. The van der Waals surface area contributed by atoms with Crippen LogP contribution in [0.25, 0.3) is 10.4 Å². The predicted molar refractivity (Wildman–Crippen MR) is 260 cm³/mol. The molecule has 2 aliphatic heterocycles. The molecule has 2 aromatic heterocycles. The molecule has 6 atom stereocenters. The molecule has 0 unspecified atom stereocenters. The highest BCUT2D eigenvalue weighted by Crippen LogP contribution is 2.43. The predicted octanol–water partition coefficient (Wildman–Crippen LogP) is 5.52. The fourth-order valence-electron chi connectivity index (χ4n) is 8.88. The zero-order valence-electron chi connectivity index (χ0n) is 39.8. The normalized spacial score (nSPS) is 21.2. The van der Waals surface area contributed by atoms with Crippen LogP contribution < -0.4 is 25.6 Å². The number of amides is 4. The van der Waals surface area contributed by atoms with Crippen LogP contribution in [0.2, 0.25) is 5.02 Å². The van der Waals surface area contributed by atoms with Crippen LogP contribution >= 0.6 is 22.9 Å². The quantitative estimate of drug-likeness (QED) is 0.103. The largest absolute Gasteiger partial charge is 0.490 e. The molecule has 4 heterocycles. The molecule has 3 fully saturated rings. The molecule has 0 spiro atoms. The first kappa shape index (κ1) is 50.2. The first-order chi connectivity index (χ1) is 32.3. The third-order valence-electron chi connectivity index (χ3n) is 13.4. The summed E-state index contributed by atoms with van der Waals surface area (Å²) in [5, 5.41) is 29.2. The number of ether oxygens (including phenoxy) is 2. The Morgan fingerprint density at radius 2 is 1.75 bits per heavy atom. The van der Waals surface area contributed by atoms with E-state index in [2.05, 4.69) is 35.7 Å². The maximum Gasteiger partial charge on any atom is 0.253 e. The van der Waals surface area contributed by atoms with E-state index < -0.39 is 35.4 Å². The molecule has 0 bridgehead atoms. The number of thiazole rings is 1. The van der Waals surface area contributed by atoms with Crippen LogP contribution in [0.4, 0.5) is 5.82 Å². The first-order valence-electron chi connectivity index (χ1n) is 23.1. The van der Waals surface area contributed by atoms with Gasteiger partial charge in [0.05, 0.1) is 51.0 Å². The Bertz CT molecular complexity index is 2480. The number of carbonyl (C=O) groups is 4. The number of aryl methyl sites for hydroxylation is 1. The number of piperazine rings is 1. The number of hydrogen-bond donors (Lipinski definition) is 4. The molecule has 3 aliphatic rings. The molecular weight excluding hydrogens is 906 g/mol. The van der Waals surface area contributed by atoms with Crippen molar-refractivity contribution in [3.63, 3.8) is 0 Å². The van der Waals surface area contributed by atoms with E-state index in [0.29, 0.717) is 41.5 Å². The Morgan fingerprint density at radius 1 is 1.01 bits per heavy atom. The monoisotopic (exact) mass is 967 g/mol. The van der Waals surface area contributed by atoms with Gasteiger partial charge in [0.2, 0.25) is 17.7 Å². The number of anilines is 1. The summed E-state index contributed by atoms with van der Waals surface area (Å²) in [5.41, 5.74) is 4.55. The summed E-state index contributed by atoms with van der Waals surface area (Å²) in [7, 11) is 0. The average molecular weight is 969 g/mol. The Labute approximate surface area is 407 Å². The maximum atomic E-state index is 14.1. The number of likely N-dealkylation sites (tertiary alicyclic amines) is 1. The molecule has 68 heavy (non-hydrogen) atoms. The van der Waals surface area contributed by atoms with Crippen molar-refractivity contribution >= 4 is 52.4 Å². The van der Waals surface area contributed by atoms with Crippen molar-refractivity contribution in [2.24, 2.45) is 10.8 Å². The molecule has 1 aliphatic carbocycles. The minimum Gasteiger partial charge on any atom is -0.490 e. The summed E-state index contributed by atoms with van der Waals surface area (Å²) in [6.45, 7) is 17.1. The van der Waals surface area contributed by atoms with Crippen LogP contribution in [0.15, 0.2) is 66.3 Å². The van der Waals surface area contributed by atoms with Gasteiger partial charge in [-0.15, -0.1) is 11.3 Å². The second kappa shape index (κ2) is 21.3. The van der Waals surface area contributed by atoms with Gasteiger partial charge < -0.3 is 40.3 Å². The van der Waals surface area contributed by atoms with E-state index >= 15 is 0 Å². The van der Waals surface area contributed by atoms with E-state index in [0.717, 1.165) is 53.7 Å². The zero-order valence-corrected chi connectivity index (χ0v) is 41.3. The number of nitrogens with one attached hydrogen (secondary N) is 3. The van der Waals surface area contributed by atoms with Crippen LogP contribution in [0.1, 0.15) is 87.6 Å². The molecule has 4 N–H and O–H groups in total. The van der Waals surface area contributed by atoms with Crippen molar-refractivity contribution in [2.45, 2.75) is 97.7 Å². The number of aromatic nitrogens is 2. The number of carbonyl (C=O) groups excluding carboxylic acids is 4. The molecule has 1 saturated carbocycles. The average Bonchev–Trinajstić information content (AvgIpc) is 3.94. The number of pyridine rings is 1. The van der Waals surface area contributed by atoms with Crippen LogP contribution in [0.5, 0.6) is 5.75 Å². The van der Waals surface area contributed by atoms with E-state index in [1.54, 1.807) is 41.8 Å². The number of nitriles is 1. The molecule has 362 valence electrons. The van der Waals surface area contributed by atoms with Crippen molar-refractivity contribution in [1.82, 2.24) is 35.7 Å².